The fourth-order valence-electron chi connectivity index (χ4n) is 0.797. The van der Waals surface area contributed by atoms with Crippen molar-refractivity contribution in [3.05, 3.63) is 27.2 Å². The summed E-state index contributed by atoms with van der Waals surface area (Å²) in [5, 5.41) is 9.79. The highest BCUT2D eigenvalue weighted by atomic mass is 35.5. The Balaban J connectivity index is 2.99. The van der Waals surface area contributed by atoms with Crippen molar-refractivity contribution in [2.45, 2.75) is 13.2 Å². The predicted octanol–water partition coefficient (Wildman–Crippen LogP) is 3.36. The molecule has 5 heteroatoms. The number of rotatable bonds is 2. The summed E-state index contributed by atoms with van der Waals surface area (Å²) < 4.78 is 4.96. The summed E-state index contributed by atoms with van der Waals surface area (Å²) in [6.07, 6.45) is -0.909. The fraction of sp³-hybridized carbons (Fsp3) is 0.250. The second-order valence-electron chi connectivity index (χ2n) is 2.42. The number of hydrogen-bond acceptors (Lipinski definition) is 2. The van der Waals surface area contributed by atoms with Crippen LogP contribution in [0.5, 0.6) is 5.75 Å². The van der Waals surface area contributed by atoms with E-state index < -0.39 is 6.29 Å². The van der Waals surface area contributed by atoms with Gasteiger partial charge in [-0.2, -0.15) is 0 Å². The first-order valence-electron chi connectivity index (χ1n) is 3.50. The molecule has 0 aromatic heterocycles. The Labute approximate surface area is 91.0 Å². The van der Waals surface area contributed by atoms with Gasteiger partial charge in [0, 0.05) is 12.1 Å². The van der Waals surface area contributed by atoms with E-state index in [1.807, 2.05) is 0 Å². The van der Waals surface area contributed by atoms with Gasteiger partial charge in [0.15, 0.2) is 6.29 Å². The Morgan fingerprint density at radius 1 is 1.23 bits per heavy atom. The van der Waals surface area contributed by atoms with Crippen LogP contribution in [-0.2, 0) is 0 Å². The van der Waals surface area contributed by atoms with Crippen LogP contribution in [0.4, 0.5) is 0 Å². The normalized spacial score (nSPS) is 12.7. The first-order valence-corrected chi connectivity index (χ1v) is 4.63. The molecule has 0 aliphatic carbocycles. The van der Waals surface area contributed by atoms with Crippen LogP contribution in [-0.4, -0.2) is 11.4 Å². The first kappa shape index (κ1) is 10.9. The summed E-state index contributed by atoms with van der Waals surface area (Å²) in [7, 11) is 0. The molecule has 2 nitrogen and oxygen atoms in total. The van der Waals surface area contributed by atoms with Crippen molar-refractivity contribution in [1.29, 1.82) is 0 Å². The molecule has 1 rings (SSSR count). The molecule has 13 heavy (non-hydrogen) atoms. The SMILES string of the molecule is CC(O)Oc1cc(Cl)c(Cl)c(Cl)c1. The van der Waals surface area contributed by atoms with Crippen molar-refractivity contribution in [1.82, 2.24) is 0 Å². The molecule has 0 radical (unpaired) electrons. The minimum absolute atomic E-state index is 0.279. The summed E-state index contributed by atoms with van der Waals surface area (Å²) in [5.41, 5.74) is 0. The van der Waals surface area contributed by atoms with Crippen LogP contribution >= 0.6 is 34.8 Å². The molecule has 0 aliphatic heterocycles. The predicted molar refractivity (Wildman–Crippen MR) is 53.8 cm³/mol. The summed E-state index contributed by atoms with van der Waals surface area (Å²) in [4.78, 5) is 0. The van der Waals surface area contributed by atoms with E-state index in [0.717, 1.165) is 0 Å². The van der Waals surface area contributed by atoms with Gasteiger partial charge in [-0.25, -0.2) is 0 Å². The minimum atomic E-state index is -0.909. The van der Waals surface area contributed by atoms with Gasteiger partial charge in [0.2, 0.25) is 0 Å². The van der Waals surface area contributed by atoms with Crippen LogP contribution in [0, 0.1) is 0 Å². The molecule has 0 saturated carbocycles. The highest BCUT2D eigenvalue weighted by Gasteiger charge is 2.07. The summed E-state index contributed by atoms with van der Waals surface area (Å²) in [6, 6.07) is 2.98. The van der Waals surface area contributed by atoms with Gasteiger partial charge in [0.1, 0.15) is 5.75 Å². The van der Waals surface area contributed by atoms with Gasteiger partial charge in [-0.05, 0) is 6.92 Å². The molecule has 0 amide bonds. The molecule has 0 heterocycles. The van der Waals surface area contributed by atoms with Gasteiger partial charge in [0.25, 0.3) is 0 Å². The maximum Gasteiger partial charge on any atom is 0.194 e. The number of halogens is 3. The summed E-state index contributed by atoms with van der Waals surface area (Å²) in [5.74, 6) is 0.384. The number of benzene rings is 1. The van der Waals surface area contributed by atoms with E-state index in [2.05, 4.69) is 0 Å². The fourth-order valence-corrected chi connectivity index (χ4v) is 1.37. The third kappa shape index (κ3) is 2.92. The lowest BCUT2D eigenvalue weighted by atomic mass is 10.3. The van der Waals surface area contributed by atoms with Crippen LogP contribution < -0.4 is 4.74 Å². The molecule has 72 valence electrons. The average Bonchev–Trinajstić information content (AvgIpc) is 1.98. The Bertz CT molecular complexity index is 289. The maximum absolute atomic E-state index is 8.92. The highest BCUT2D eigenvalue weighted by Crippen LogP contribution is 2.34. The highest BCUT2D eigenvalue weighted by molar-refractivity contribution is 6.48. The Hall–Kier alpha value is -0.150. The summed E-state index contributed by atoms with van der Waals surface area (Å²) in [6.45, 7) is 1.48. The van der Waals surface area contributed by atoms with Crippen LogP contribution in [0.25, 0.3) is 0 Å². The van der Waals surface area contributed by atoms with Gasteiger partial charge < -0.3 is 9.84 Å². The standard InChI is InChI=1S/C8H7Cl3O2/c1-4(12)13-5-2-6(9)8(11)7(10)3-5/h2-4,12H,1H3. The van der Waals surface area contributed by atoms with Gasteiger partial charge in [-0.3, -0.25) is 0 Å². The molecular weight excluding hydrogens is 234 g/mol. The van der Waals surface area contributed by atoms with E-state index in [0.29, 0.717) is 15.8 Å². The lowest BCUT2D eigenvalue weighted by molar-refractivity contribution is -0.000268. The molecule has 0 aliphatic rings. The van der Waals surface area contributed by atoms with E-state index >= 15 is 0 Å². The molecule has 1 aromatic carbocycles. The number of aliphatic hydroxyl groups excluding tert-OH is 1. The van der Waals surface area contributed by atoms with Crippen LogP contribution in [0.2, 0.25) is 15.1 Å². The second-order valence-corrected chi connectivity index (χ2v) is 3.61. The molecule has 0 fully saturated rings. The van der Waals surface area contributed by atoms with E-state index in [1.165, 1.54) is 19.1 Å². The van der Waals surface area contributed by atoms with Crippen LogP contribution in [0.15, 0.2) is 12.1 Å². The smallest absolute Gasteiger partial charge is 0.194 e. The molecule has 0 spiro atoms. The third-order valence-electron chi connectivity index (χ3n) is 1.26. The molecule has 0 saturated heterocycles. The maximum atomic E-state index is 8.92. The third-order valence-corrected chi connectivity index (χ3v) is 2.46. The van der Waals surface area contributed by atoms with Gasteiger partial charge in [-0.1, -0.05) is 34.8 Å². The number of ether oxygens (including phenoxy) is 1. The zero-order valence-corrected chi connectivity index (χ0v) is 8.99. The van der Waals surface area contributed by atoms with E-state index in [4.69, 9.17) is 44.6 Å². The van der Waals surface area contributed by atoms with E-state index in [1.54, 1.807) is 0 Å². The van der Waals surface area contributed by atoms with Crippen molar-refractivity contribution < 1.29 is 9.84 Å². The second kappa shape index (κ2) is 4.38. The van der Waals surface area contributed by atoms with E-state index in [9.17, 15) is 0 Å². The average molecular weight is 242 g/mol. The van der Waals surface area contributed by atoms with Crippen LogP contribution in [0.1, 0.15) is 6.92 Å². The molecular formula is C8H7Cl3O2. The zero-order valence-electron chi connectivity index (χ0n) is 6.72. The van der Waals surface area contributed by atoms with Gasteiger partial charge in [-0.15, -0.1) is 0 Å². The number of aliphatic hydroxyl groups is 1. The molecule has 1 unspecified atom stereocenters. The topological polar surface area (TPSA) is 29.5 Å². The molecule has 1 aromatic rings. The van der Waals surface area contributed by atoms with Crippen LogP contribution in [0.3, 0.4) is 0 Å². The minimum Gasteiger partial charge on any atom is -0.465 e. The Kier molecular flexibility index (Phi) is 3.68. The van der Waals surface area contributed by atoms with Gasteiger partial charge in [0.05, 0.1) is 15.1 Å². The summed E-state index contributed by atoms with van der Waals surface area (Å²) >= 11 is 17.2. The monoisotopic (exact) mass is 240 g/mol. The van der Waals surface area contributed by atoms with Crippen molar-refractivity contribution >= 4 is 34.8 Å². The molecule has 0 bridgehead atoms. The molecule has 1 atom stereocenters. The largest absolute Gasteiger partial charge is 0.465 e. The zero-order chi connectivity index (χ0) is 10.0. The van der Waals surface area contributed by atoms with Gasteiger partial charge >= 0.3 is 0 Å². The lowest BCUT2D eigenvalue weighted by Gasteiger charge is -2.09. The lowest BCUT2D eigenvalue weighted by Crippen LogP contribution is -2.09. The Morgan fingerprint density at radius 3 is 2.08 bits per heavy atom. The molecule has 1 N–H and O–H groups in total. The first-order chi connectivity index (χ1) is 6.00. The van der Waals surface area contributed by atoms with Crippen molar-refractivity contribution in [2.24, 2.45) is 0 Å². The quantitative estimate of drug-likeness (QED) is 0.635. The van der Waals surface area contributed by atoms with Crippen molar-refractivity contribution in [2.75, 3.05) is 0 Å². The van der Waals surface area contributed by atoms with E-state index in [-0.39, 0.29) is 5.02 Å². The number of hydrogen-bond donors (Lipinski definition) is 1. The van der Waals surface area contributed by atoms with Crippen molar-refractivity contribution in [3.63, 3.8) is 0 Å². The Morgan fingerprint density at radius 2 is 1.69 bits per heavy atom. The van der Waals surface area contributed by atoms with Crippen molar-refractivity contribution in [3.8, 4) is 5.75 Å².